The minimum absolute atomic E-state index is 0.173. The van der Waals surface area contributed by atoms with Crippen molar-refractivity contribution in [3.8, 4) is 11.5 Å². The Labute approximate surface area is 70.8 Å². The van der Waals surface area contributed by atoms with E-state index in [-0.39, 0.29) is 17.4 Å². The van der Waals surface area contributed by atoms with Crippen LogP contribution in [0.5, 0.6) is 11.5 Å². The molecule has 0 saturated carbocycles. The molecule has 0 amide bonds. The van der Waals surface area contributed by atoms with Crippen molar-refractivity contribution >= 4 is 5.57 Å². The van der Waals surface area contributed by atoms with Crippen LogP contribution < -0.4 is 0 Å². The molecule has 2 rings (SSSR count). The maximum atomic E-state index is 9.41. The van der Waals surface area contributed by atoms with Crippen molar-refractivity contribution in [1.29, 1.82) is 0 Å². The third kappa shape index (κ3) is 0.644. The third-order valence-electron chi connectivity index (χ3n) is 2.48. The van der Waals surface area contributed by atoms with Gasteiger partial charge in [0.15, 0.2) is 0 Å². The van der Waals surface area contributed by atoms with Crippen molar-refractivity contribution in [2.45, 2.75) is 12.8 Å². The highest BCUT2D eigenvalue weighted by Crippen LogP contribution is 2.52. The Morgan fingerprint density at radius 3 is 2.42 bits per heavy atom. The molecule has 1 aromatic rings. The molecular formula is C10H10O2. The maximum Gasteiger partial charge on any atom is 0.123 e. The second-order valence-corrected chi connectivity index (χ2v) is 3.14. The monoisotopic (exact) mass is 162 g/mol. The van der Waals surface area contributed by atoms with Crippen molar-refractivity contribution in [2.75, 3.05) is 0 Å². The Morgan fingerprint density at radius 1 is 1.25 bits per heavy atom. The number of benzene rings is 1. The number of phenols is 2. The van der Waals surface area contributed by atoms with Gasteiger partial charge in [0.05, 0.1) is 0 Å². The first-order valence-electron chi connectivity index (χ1n) is 3.87. The van der Waals surface area contributed by atoms with Gasteiger partial charge in [-0.05, 0) is 17.7 Å². The molecule has 0 aliphatic heterocycles. The van der Waals surface area contributed by atoms with Crippen LogP contribution in [-0.2, 0) is 0 Å². The lowest BCUT2D eigenvalue weighted by molar-refractivity contribution is 0.446. The van der Waals surface area contributed by atoms with E-state index in [4.69, 9.17) is 0 Å². The highest BCUT2D eigenvalue weighted by molar-refractivity contribution is 5.87. The average molecular weight is 162 g/mol. The molecular weight excluding hydrogens is 152 g/mol. The Balaban J connectivity index is 2.71. The summed E-state index contributed by atoms with van der Waals surface area (Å²) in [6.07, 6.45) is 0. The summed E-state index contributed by atoms with van der Waals surface area (Å²) < 4.78 is 0. The van der Waals surface area contributed by atoms with Gasteiger partial charge in [-0.1, -0.05) is 13.5 Å². The number of aromatic hydroxyl groups is 2. The molecule has 62 valence electrons. The van der Waals surface area contributed by atoms with Crippen molar-refractivity contribution in [3.05, 3.63) is 29.8 Å². The van der Waals surface area contributed by atoms with E-state index in [9.17, 15) is 10.2 Å². The summed E-state index contributed by atoms with van der Waals surface area (Å²) in [5.74, 6) is 0.640. The van der Waals surface area contributed by atoms with E-state index in [0.29, 0.717) is 0 Å². The lowest BCUT2D eigenvalue weighted by atomic mass is 9.73. The highest BCUT2D eigenvalue weighted by Gasteiger charge is 2.32. The molecule has 0 radical (unpaired) electrons. The van der Waals surface area contributed by atoms with Crippen molar-refractivity contribution in [3.63, 3.8) is 0 Å². The third-order valence-corrected chi connectivity index (χ3v) is 2.48. The Hall–Kier alpha value is -1.44. The summed E-state index contributed by atoms with van der Waals surface area (Å²) in [6.45, 7) is 5.78. The van der Waals surface area contributed by atoms with E-state index in [1.807, 2.05) is 6.92 Å². The SMILES string of the molecule is C=C1c2c(O)ccc(O)c2C1C. The molecule has 2 N–H and O–H groups in total. The lowest BCUT2D eigenvalue weighted by Crippen LogP contribution is -2.12. The zero-order chi connectivity index (χ0) is 8.88. The summed E-state index contributed by atoms with van der Waals surface area (Å²) in [4.78, 5) is 0. The Bertz CT molecular complexity index is 366. The van der Waals surface area contributed by atoms with Crippen LogP contribution in [0.4, 0.5) is 0 Å². The first kappa shape index (κ1) is 7.22. The van der Waals surface area contributed by atoms with Gasteiger partial charge in [0, 0.05) is 17.0 Å². The van der Waals surface area contributed by atoms with Crippen LogP contribution in [0.1, 0.15) is 24.0 Å². The molecule has 2 heteroatoms. The molecule has 0 saturated heterocycles. The van der Waals surface area contributed by atoms with E-state index < -0.39 is 0 Å². The maximum absolute atomic E-state index is 9.41. The van der Waals surface area contributed by atoms with Crippen molar-refractivity contribution < 1.29 is 10.2 Å². The van der Waals surface area contributed by atoms with Crippen molar-refractivity contribution in [1.82, 2.24) is 0 Å². The topological polar surface area (TPSA) is 40.5 Å². The zero-order valence-electron chi connectivity index (χ0n) is 6.83. The van der Waals surface area contributed by atoms with E-state index in [1.54, 1.807) is 0 Å². The van der Waals surface area contributed by atoms with Gasteiger partial charge in [-0.25, -0.2) is 0 Å². The van der Waals surface area contributed by atoms with Gasteiger partial charge < -0.3 is 10.2 Å². The molecule has 2 nitrogen and oxygen atoms in total. The van der Waals surface area contributed by atoms with Crippen LogP contribution in [0.2, 0.25) is 0 Å². The minimum atomic E-state index is 0.173. The number of rotatable bonds is 0. The molecule has 1 aliphatic carbocycles. The standard InChI is InChI=1S/C10H10O2/c1-5-6(2)10-8(12)4-3-7(11)9(5)10/h3-4,6,11-12H,1H2,2H3. The predicted molar refractivity (Wildman–Crippen MR) is 47.2 cm³/mol. The molecule has 12 heavy (non-hydrogen) atoms. The number of allylic oxidation sites excluding steroid dienone is 1. The summed E-state index contributed by atoms with van der Waals surface area (Å²) in [7, 11) is 0. The Kier molecular flexibility index (Phi) is 1.22. The summed E-state index contributed by atoms with van der Waals surface area (Å²) >= 11 is 0. The summed E-state index contributed by atoms with van der Waals surface area (Å²) in [5, 5.41) is 18.8. The highest BCUT2D eigenvalue weighted by atomic mass is 16.3. The van der Waals surface area contributed by atoms with Crippen LogP contribution in [0.15, 0.2) is 18.7 Å². The van der Waals surface area contributed by atoms with Gasteiger partial charge in [-0.3, -0.25) is 0 Å². The van der Waals surface area contributed by atoms with Crippen LogP contribution in [-0.4, -0.2) is 10.2 Å². The van der Waals surface area contributed by atoms with E-state index in [2.05, 4.69) is 6.58 Å². The van der Waals surface area contributed by atoms with E-state index in [1.165, 1.54) is 12.1 Å². The van der Waals surface area contributed by atoms with Crippen LogP contribution >= 0.6 is 0 Å². The smallest absolute Gasteiger partial charge is 0.123 e. The van der Waals surface area contributed by atoms with Gasteiger partial charge in [0.1, 0.15) is 11.5 Å². The average Bonchev–Trinajstić information content (AvgIpc) is 2.07. The normalized spacial score (nSPS) is 20.1. The second kappa shape index (κ2) is 2.03. The molecule has 1 atom stereocenters. The largest absolute Gasteiger partial charge is 0.508 e. The zero-order valence-corrected chi connectivity index (χ0v) is 6.83. The number of phenolic OH excluding ortho intramolecular Hbond substituents is 2. The van der Waals surface area contributed by atoms with E-state index >= 15 is 0 Å². The fourth-order valence-electron chi connectivity index (χ4n) is 1.69. The first-order valence-corrected chi connectivity index (χ1v) is 3.87. The van der Waals surface area contributed by atoms with E-state index in [0.717, 1.165) is 16.7 Å². The fourth-order valence-corrected chi connectivity index (χ4v) is 1.69. The molecule has 0 bridgehead atoms. The van der Waals surface area contributed by atoms with Gasteiger partial charge in [0.2, 0.25) is 0 Å². The van der Waals surface area contributed by atoms with Crippen LogP contribution in [0.25, 0.3) is 5.57 Å². The minimum Gasteiger partial charge on any atom is -0.508 e. The molecule has 1 aliphatic rings. The molecule has 0 spiro atoms. The number of fused-ring (bicyclic) bond motifs is 1. The molecule has 0 aromatic heterocycles. The quantitative estimate of drug-likeness (QED) is 0.574. The summed E-state index contributed by atoms with van der Waals surface area (Å²) in [6, 6.07) is 3.00. The first-order chi connectivity index (χ1) is 5.63. The van der Waals surface area contributed by atoms with Crippen molar-refractivity contribution in [2.24, 2.45) is 0 Å². The van der Waals surface area contributed by atoms with Gasteiger partial charge >= 0.3 is 0 Å². The lowest BCUT2D eigenvalue weighted by Gasteiger charge is -2.31. The van der Waals surface area contributed by atoms with Crippen LogP contribution in [0.3, 0.4) is 0 Å². The molecule has 0 heterocycles. The van der Waals surface area contributed by atoms with Gasteiger partial charge in [0.25, 0.3) is 0 Å². The molecule has 1 unspecified atom stereocenters. The number of hydrogen-bond acceptors (Lipinski definition) is 2. The number of hydrogen-bond donors (Lipinski definition) is 2. The van der Waals surface area contributed by atoms with Gasteiger partial charge in [-0.15, -0.1) is 0 Å². The summed E-state index contributed by atoms with van der Waals surface area (Å²) in [5.41, 5.74) is 2.45. The molecule has 1 aromatic carbocycles. The second-order valence-electron chi connectivity index (χ2n) is 3.14. The molecule has 0 fully saturated rings. The Morgan fingerprint density at radius 2 is 1.83 bits per heavy atom. The van der Waals surface area contributed by atoms with Crippen LogP contribution in [0, 0.1) is 0 Å². The predicted octanol–water partition coefficient (Wildman–Crippen LogP) is 2.23. The fraction of sp³-hybridized carbons (Fsp3) is 0.200. The van der Waals surface area contributed by atoms with Gasteiger partial charge in [-0.2, -0.15) is 0 Å².